The van der Waals surface area contributed by atoms with Crippen molar-refractivity contribution in [1.29, 1.82) is 0 Å². The smallest absolute Gasteiger partial charge is 0.305 e. The Morgan fingerprint density at radius 3 is 0.899 bits per heavy atom. The fraction of sp³-hybridized carbons (Fsp3) is 0.945. The van der Waals surface area contributed by atoms with Gasteiger partial charge in [0.2, 0.25) is 5.91 Å². The third-order valence-corrected chi connectivity index (χ3v) is 17.3. The van der Waals surface area contributed by atoms with Crippen LogP contribution in [-0.2, 0) is 14.3 Å². The number of rotatable bonds is 69. The molecule has 2 unspecified atom stereocenters. The fourth-order valence-electron chi connectivity index (χ4n) is 11.8. The molecule has 0 saturated heterocycles. The molecule has 0 saturated carbocycles. The van der Waals surface area contributed by atoms with Crippen LogP contribution >= 0.6 is 0 Å². The summed E-state index contributed by atoms with van der Waals surface area (Å²) in [5, 5.41) is 23.4. The van der Waals surface area contributed by atoms with Crippen molar-refractivity contribution in [2.45, 2.75) is 431 Å². The highest BCUT2D eigenvalue weighted by atomic mass is 16.5. The molecule has 0 bridgehead atoms. The first-order valence-corrected chi connectivity index (χ1v) is 36.4. The van der Waals surface area contributed by atoms with E-state index in [9.17, 15) is 19.8 Å². The summed E-state index contributed by atoms with van der Waals surface area (Å²) in [5.41, 5.74) is 0. The molecule has 6 heteroatoms. The van der Waals surface area contributed by atoms with E-state index in [2.05, 4.69) is 31.3 Å². The molecule has 79 heavy (non-hydrogen) atoms. The van der Waals surface area contributed by atoms with E-state index in [1.165, 1.54) is 340 Å². The van der Waals surface area contributed by atoms with Gasteiger partial charge in [-0.15, -0.1) is 0 Å². The van der Waals surface area contributed by atoms with Crippen LogP contribution in [0.15, 0.2) is 12.2 Å². The average Bonchev–Trinajstić information content (AvgIpc) is 3.45. The number of carbonyl (C=O) groups is 2. The highest BCUT2D eigenvalue weighted by Gasteiger charge is 2.20. The summed E-state index contributed by atoms with van der Waals surface area (Å²) in [6.07, 6.45) is 85.6. The summed E-state index contributed by atoms with van der Waals surface area (Å²) in [6.45, 7) is 4.99. The van der Waals surface area contributed by atoms with E-state index >= 15 is 0 Å². The van der Waals surface area contributed by atoms with Crippen molar-refractivity contribution < 1.29 is 24.5 Å². The zero-order valence-corrected chi connectivity index (χ0v) is 53.9. The van der Waals surface area contributed by atoms with Gasteiger partial charge >= 0.3 is 5.97 Å². The maximum absolute atomic E-state index is 12.5. The van der Waals surface area contributed by atoms with Crippen molar-refractivity contribution in [2.24, 2.45) is 0 Å². The van der Waals surface area contributed by atoms with Crippen molar-refractivity contribution in [3.63, 3.8) is 0 Å². The number of hydrogen-bond donors (Lipinski definition) is 3. The first kappa shape index (κ1) is 77.6. The molecule has 0 aromatic rings. The Labute approximate surface area is 495 Å². The monoisotopic (exact) mass is 1110 g/mol. The molecule has 2 atom stereocenters. The molecular weight excluding hydrogens is 971 g/mol. The Balaban J connectivity index is 3.32. The number of amides is 1. The molecule has 0 aromatic heterocycles. The first-order chi connectivity index (χ1) is 39.0. The Bertz CT molecular complexity index is 1190. The summed E-state index contributed by atoms with van der Waals surface area (Å²) >= 11 is 0. The van der Waals surface area contributed by atoms with Crippen LogP contribution in [0.5, 0.6) is 0 Å². The summed E-state index contributed by atoms with van der Waals surface area (Å²) < 4.78 is 5.51. The number of allylic oxidation sites excluding steroid dienone is 2. The zero-order chi connectivity index (χ0) is 57.1. The van der Waals surface area contributed by atoms with Crippen molar-refractivity contribution in [3.8, 4) is 0 Å². The molecule has 0 heterocycles. The van der Waals surface area contributed by atoms with Crippen LogP contribution < -0.4 is 5.32 Å². The van der Waals surface area contributed by atoms with Crippen molar-refractivity contribution in [1.82, 2.24) is 5.32 Å². The SMILES string of the molecule is CCCCCCCC/C=C\CCCCCCCCCC(=O)OCCCCCCCCCCCCCCCCCCCCCCCCCCCCCCCC(=O)NC(CO)C(O)CCCCCCCCCCCCCCCCCC. The fourth-order valence-corrected chi connectivity index (χ4v) is 11.8. The van der Waals surface area contributed by atoms with Gasteiger partial charge in [0.15, 0.2) is 0 Å². The highest BCUT2D eigenvalue weighted by molar-refractivity contribution is 5.76. The van der Waals surface area contributed by atoms with Crippen molar-refractivity contribution >= 4 is 11.9 Å². The summed E-state index contributed by atoms with van der Waals surface area (Å²) in [6, 6.07) is -0.538. The summed E-state index contributed by atoms with van der Waals surface area (Å²) in [7, 11) is 0. The average molecular weight is 1110 g/mol. The summed E-state index contributed by atoms with van der Waals surface area (Å²) in [4.78, 5) is 24.6. The quantitative estimate of drug-likeness (QED) is 0.0320. The van der Waals surface area contributed by atoms with Gasteiger partial charge in [0.05, 0.1) is 25.4 Å². The van der Waals surface area contributed by atoms with Crippen LogP contribution in [-0.4, -0.2) is 47.4 Å². The van der Waals surface area contributed by atoms with Crippen LogP contribution in [0.25, 0.3) is 0 Å². The lowest BCUT2D eigenvalue weighted by molar-refractivity contribution is -0.143. The predicted molar refractivity (Wildman–Crippen MR) is 347 cm³/mol. The number of hydrogen-bond acceptors (Lipinski definition) is 5. The molecule has 470 valence electrons. The Morgan fingerprint density at radius 2 is 0.595 bits per heavy atom. The second-order valence-corrected chi connectivity index (χ2v) is 25.3. The number of unbranched alkanes of at least 4 members (excludes halogenated alkanes) is 56. The second-order valence-electron chi connectivity index (χ2n) is 25.3. The maximum Gasteiger partial charge on any atom is 0.305 e. The molecule has 6 nitrogen and oxygen atoms in total. The minimum absolute atomic E-state index is 0.0172. The molecule has 0 spiro atoms. The number of aliphatic hydroxyl groups is 2. The lowest BCUT2D eigenvalue weighted by Crippen LogP contribution is -2.45. The van der Waals surface area contributed by atoms with E-state index in [0.29, 0.717) is 25.9 Å². The molecule has 0 aromatic carbocycles. The molecule has 0 fully saturated rings. The lowest BCUT2D eigenvalue weighted by Gasteiger charge is -2.22. The van der Waals surface area contributed by atoms with E-state index in [-0.39, 0.29) is 18.5 Å². The van der Waals surface area contributed by atoms with Crippen molar-refractivity contribution in [3.05, 3.63) is 12.2 Å². The zero-order valence-electron chi connectivity index (χ0n) is 53.9. The number of nitrogens with one attached hydrogen (secondary N) is 1. The van der Waals surface area contributed by atoms with Gasteiger partial charge in [-0.1, -0.05) is 366 Å². The predicted octanol–water partition coefficient (Wildman–Crippen LogP) is 23.5. The van der Waals surface area contributed by atoms with E-state index in [0.717, 1.165) is 44.9 Å². The van der Waals surface area contributed by atoms with E-state index in [1.807, 2.05) is 0 Å². The molecule has 0 aliphatic carbocycles. The lowest BCUT2D eigenvalue weighted by atomic mass is 10.0. The number of ether oxygens (including phenoxy) is 1. The third kappa shape index (κ3) is 65.6. The van der Waals surface area contributed by atoms with Gasteiger partial charge in [0.1, 0.15) is 0 Å². The van der Waals surface area contributed by atoms with E-state index in [1.54, 1.807) is 0 Å². The first-order valence-electron chi connectivity index (χ1n) is 36.4. The van der Waals surface area contributed by atoms with Gasteiger partial charge in [0, 0.05) is 12.8 Å². The molecule has 1 amide bonds. The molecule has 3 N–H and O–H groups in total. The van der Waals surface area contributed by atoms with Gasteiger partial charge in [0.25, 0.3) is 0 Å². The van der Waals surface area contributed by atoms with Gasteiger partial charge in [-0.25, -0.2) is 0 Å². The Hall–Kier alpha value is -1.40. The normalized spacial score (nSPS) is 12.5. The number of esters is 1. The Kier molecular flexibility index (Phi) is 67.9. The van der Waals surface area contributed by atoms with Crippen LogP contribution in [0.3, 0.4) is 0 Å². The second kappa shape index (κ2) is 69.1. The molecule has 0 aliphatic heterocycles. The third-order valence-electron chi connectivity index (χ3n) is 17.3. The Morgan fingerprint density at radius 1 is 0.342 bits per heavy atom. The number of carbonyl (C=O) groups excluding carboxylic acids is 2. The maximum atomic E-state index is 12.5. The van der Waals surface area contributed by atoms with E-state index < -0.39 is 12.1 Å². The summed E-state index contributed by atoms with van der Waals surface area (Å²) in [5.74, 6) is -0.0104. The van der Waals surface area contributed by atoms with Crippen LogP contribution in [0, 0.1) is 0 Å². The van der Waals surface area contributed by atoms with Gasteiger partial charge in [-0.05, 0) is 51.4 Å². The molecule has 0 rings (SSSR count). The minimum atomic E-state index is -0.661. The molecule has 0 radical (unpaired) electrons. The van der Waals surface area contributed by atoms with Gasteiger partial charge < -0.3 is 20.3 Å². The molecular formula is C73H143NO5. The number of aliphatic hydroxyl groups excluding tert-OH is 2. The minimum Gasteiger partial charge on any atom is -0.466 e. The van der Waals surface area contributed by atoms with Crippen molar-refractivity contribution in [2.75, 3.05) is 13.2 Å². The van der Waals surface area contributed by atoms with Gasteiger partial charge in [-0.3, -0.25) is 9.59 Å². The standard InChI is InChI=1S/C73H143NO5/c1-3-5-7-9-11-13-15-17-19-34-39-43-47-51-55-59-63-67-73(78)79-68-64-60-56-52-48-44-40-36-33-31-29-27-25-23-21-22-24-26-28-30-32-35-38-42-46-50-54-58-62-66-72(77)74-70(69-75)71(76)65-61-57-53-49-45-41-37-20-18-16-14-12-10-8-6-4-2/h17,19,70-71,75-76H,3-16,18,20-69H2,1-2H3,(H,74,77)/b19-17-. The van der Waals surface area contributed by atoms with Crippen LogP contribution in [0.4, 0.5) is 0 Å². The molecule has 0 aliphatic rings. The van der Waals surface area contributed by atoms with E-state index in [4.69, 9.17) is 4.74 Å². The van der Waals surface area contributed by atoms with Gasteiger partial charge in [-0.2, -0.15) is 0 Å². The van der Waals surface area contributed by atoms with Crippen LogP contribution in [0.2, 0.25) is 0 Å². The van der Waals surface area contributed by atoms with Crippen LogP contribution in [0.1, 0.15) is 418 Å². The largest absolute Gasteiger partial charge is 0.466 e. The highest BCUT2D eigenvalue weighted by Crippen LogP contribution is 2.19. The topological polar surface area (TPSA) is 95.9 Å².